The molecule has 0 N–H and O–H groups in total. The van der Waals surface area contributed by atoms with Crippen LogP contribution in [0.3, 0.4) is 0 Å². The minimum absolute atomic E-state index is 0.108. The molecule has 1 aliphatic heterocycles. The van der Waals surface area contributed by atoms with Crippen LogP contribution < -0.4 is 9.64 Å². The summed E-state index contributed by atoms with van der Waals surface area (Å²) in [5.41, 5.74) is 6.68. The molecule has 1 fully saturated rings. The third-order valence-corrected chi connectivity index (χ3v) is 8.82. The van der Waals surface area contributed by atoms with Gasteiger partial charge in [-0.15, -0.1) is 13.2 Å². The van der Waals surface area contributed by atoms with Crippen molar-refractivity contribution in [2.24, 2.45) is 0 Å². The lowest BCUT2D eigenvalue weighted by Gasteiger charge is -2.40. The van der Waals surface area contributed by atoms with Gasteiger partial charge in [-0.05, 0) is 69.4 Å². The number of carbonyl (C=O) groups is 1. The average molecular weight is 629 g/mol. The molecule has 1 aliphatic rings. The van der Waals surface area contributed by atoms with E-state index in [2.05, 4.69) is 43.2 Å². The zero-order chi connectivity index (χ0) is 32.1. The van der Waals surface area contributed by atoms with Crippen LogP contribution in [0.2, 0.25) is 5.02 Å². The minimum Gasteiger partial charge on any atom is -0.493 e. The average Bonchev–Trinajstić information content (AvgIpc) is 3.46. The third-order valence-electron chi connectivity index (χ3n) is 8.41. The van der Waals surface area contributed by atoms with Gasteiger partial charge in [-0.3, -0.25) is 4.79 Å². The molecule has 0 unspecified atom stereocenters. The van der Waals surface area contributed by atoms with Gasteiger partial charge in [0, 0.05) is 46.6 Å². The molecule has 0 aliphatic carbocycles. The van der Waals surface area contributed by atoms with Gasteiger partial charge in [0.05, 0.1) is 38.0 Å². The molecule has 5 rings (SSSR count). The van der Waals surface area contributed by atoms with Gasteiger partial charge in [0.2, 0.25) is 0 Å². The summed E-state index contributed by atoms with van der Waals surface area (Å²) < 4.78 is 19.1. The predicted molar refractivity (Wildman–Crippen MR) is 180 cm³/mol. The van der Waals surface area contributed by atoms with Crippen LogP contribution in [0.5, 0.6) is 5.75 Å². The highest BCUT2D eigenvalue weighted by atomic mass is 35.5. The molecule has 236 valence electrons. The Balaban J connectivity index is 1.56. The first-order chi connectivity index (χ1) is 21.7. The minimum atomic E-state index is -0.318. The van der Waals surface area contributed by atoms with Gasteiger partial charge in [-0.1, -0.05) is 42.0 Å². The van der Waals surface area contributed by atoms with Crippen molar-refractivity contribution in [3.05, 3.63) is 89.6 Å². The monoisotopic (exact) mass is 628 g/mol. The molecule has 2 aromatic carbocycles. The fourth-order valence-corrected chi connectivity index (χ4v) is 5.88. The number of esters is 1. The van der Waals surface area contributed by atoms with E-state index in [1.54, 1.807) is 6.08 Å². The number of anilines is 1. The molecule has 3 heterocycles. The van der Waals surface area contributed by atoms with E-state index in [9.17, 15) is 4.79 Å². The maximum absolute atomic E-state index is 12.5. The molecule has 0 amide bonds. The normalized spacial score (nSPS) is 14.4. The molecule has 2 aromatic heterocycles. The Morgan fingerprint density at radius 2 is 1.84 bits per heavy atom. The zero-order valence-corrected chi connectivity index (χ0v) is 27.3. The van der Waals surface area contributed by atoms with Crippen LogP contribution in [0, 0.1) is 13.8 Å². The van der Waals surface area contributed by atoms with Gasteiger partial charge < -0.3 is 19.1 Å². The summed E-state index contributed by atoms with van der Waals surface area (Å²) in [5.74, 6) is 1.27. The fourth-order valence-electron chi connectivity index (χ4n) is 5.73. The molecule has 1 saturated heterocycles. The summed E-state index contributed by atoms with van der Waals surface area (Å²) in [6.45, 7) is 16.2. The summed E-state index contributed by atoms with van der Waals surface area (Å²) in [5, 5.41) is 5.74. The van der Waals surface area contributed by atoms with Crippen molar-refractivity contribution in [2.45, 2.75) is 52.1 Å². The molecule has 0 saturated carbocycles. The Morgan fingerprint density at radius 1 is 1.09 bits per heavy atom. The van der Waals surface area contributed by atoms with E-state index >= 15 is 0 Å². The first kappa shape index (κ1) is 32.3. The number of piperidine rings is 1. The van der Waals surface area contributed by atoms with Gasteiger partial charge in [-0.2, -0.15) is 9.61 Å². The van der Waals surface area contributed by atoms with E-state index < -0.39 is 0 Å². The second-order valence-corrected chi connectivity index (χ2v) is 12.1. The Labute approximate surface area is 270 Å². The second-order valence-electron chi connectivity index (χ2n) is 11.7. The van der Waals surface area contributed by atoms with E-state index in [0.717, 1.165) is 83.1 Å². The summed E-state index contributed by atoms with van der Waals surface area (Å²) in [6.07, 6.45) is 6.12. The number of carbonyl (C=O) groups excluding carboxylic acids is 1. The van der Waals surface area contributed by atoms with E-state index in [1.165, 1.54) is 7.11 Å². The molecule has 4 aromatic rings. The zero-order valence-electron chi connectivity index (χ0n) is 26.6. The molecular weight excluding hydrogens is 588 g/mol. The highest BCUT2D eigenvalue weighted by Gasteiger charge is 2.33. The van der Waals surface area contributed by atoms with Crippen molar-refractivity contribution in [1.29, 1.82) is 0 Å². The largest absolute Gasteiger partial charge is 0.493 e. The van der Waals surface area contributed by atoms with Gasteiger partial charge >= 0.3 is 5.97 Å². The molecule has 0 radical (unpaired) electrons. The lowest BCUT2D eigenvalue weighted by Crippen LogP contribution is -2.45. The lowest BCUT2D eigenvalue weighted by molar-refractivity contribution is -0.139. The number of aryl methyl sites for hydroxylation is 2. The third kappa shape index (κ3) is 7.08. The van der Waals surface area contributed by atoms with Gasteiger partial charge in [0.1, 0.15) is 11.6 Å². The van der Waals surface area contributed by atoms with E-state index in [-0.39, 0.29) is 18.0 Å². The molecule has 0 spiro atoms. The van der Waals surface area contributed by atoms with Gasteiger partial charge in [-0.25, -0.2) is 4.98 Å². The van der Waals surface area contributed by atoms with E-state index in [1.807, 2.05) is 48.7 Å². The Hall–Kier alpha value is -4.14. The summed E-state index contributed by atoms with van der Waals surface area (Å²) >= 11 is 6.48. The number of methoxy groups -OCH3 is 1. The number of halogens is 1. The molecule has 9 heteroatoms. The van der Waals surface area contributed by atoms with Crippen molar-refractivity contribution in [3.8, 4) is 28.1 Å². The highest BCUT2D eigenvalue weighted by molar-refractivity contribution is 6.31. The SMILES string of the molecule is C=CCCOc1cc(Cl)c(C)cc1-c1cccc(-c2cc3nc(C)c(CC(=O)OC)c(N4CCC(C)(OCC=C)CC4)n3n2)c1. The number of aromatic nitrogens is 3. The van der Waals surface area contributed by atoms with Crippen molar-refractivity contribution < 1.29 is 19.0 Å². The summed E-state index contributed by atoms with van der Waals surface area (Å²) in [7, 11) is 1.41. The fraction of sp³-hybridized carbons (Fsp3) is 0.361. The van der Waals surface area contributed by atoms with Crippen molar-refractivity contribution >= 4 is 29.0 Å². The van der Waals surface area contributed by atoms with Crippen LogP contribution in [0.25, 0.3) is 28.0 Å². The molecule has 45 heavy (non-hydrogen) atoms. The number of nitrogens with zero attached hydrogens (tertiary/aromatic N) is 4. The first-order valence-corrected chi connectivity index (χ1v) is 15.6. The molecular formula is C36H41ClN4O4. The van der Waals surface area contributed by atoms with Gasteiger partial charge in [0.15, 0.2) is 5.65 Å². The second kappa shape index (κ2) is 13.9. The molecule has 0 atom stereocenters. The van der Waals surface area contributed by atoms with Crippen LogP contribution in [0.4, 0.5) is 5.82 Å². The Morgan fingerprint density at radius 3 is 2.56 bits per heavy atom. The number of hydrogen-bond donors (Lipinski definition) is 0. The van der Waals surface area contributed by atoms with Crippen LogP contribution in [-0.2, 0) is 20.7 Å². The number of hydrogen-bond acceptors (Lipinski definition) is 7. The standard InChI is InChI=1S/C36H41ClN4O4/c1-7-9-18-44-32-22-30(37)24(3)19-29(32)26-11-10-12-27(20-26)31-23-33-38-25(4)28(21-34(42)43-6)35(41(33)39-31)40-15-13-36(5,14-16-40)45-17-8-2/h7-8,10-12,19-20,22-23H,1-2,9,13-18,21H2,3-6H3. The quantitative estimate of drug-likeness (QED) is 0.0910. The lowest BCUT2D eigenvalue weighted by atomic mass is 9.93. The molecule has 0 bridgehead atoms. The smallest absolute Gasteiger partial charge is 0.310 e. The maximum Gasteiger partial charge on any atom is 0.310 e. The van der Waals surface area contributed by atoms with Crippen molar-refractivity contribution in [1.82, 2.24) is 14.6 Å². The Bertz CT molecular complexity index is 1720. The highest BCUT2D eigenvalue weighted by Crippen LogP contribution is 2.38. The van der Waals surface area contributed by atoms with Crippen molar-refractivity contribution in [2.75, 3.05) is 38.3 Å². The number of ether oxygens (including phenoxy) is 3. The number of rotatable bonds is 12. The molecule has 8 nitrogen and oxygen atoms in total. The van der Waals surface area contributed by atoms with Crippen LogP contribution in [-0.4, -0.2) is 59.6 Å². The van der Waals surface area contributed by atoms with E-state index in [0.29, 0.717) is 23.9 Å². The van der Waals surface area contributed by atoms with Crippen LogP contribution in [0.1, 0.15) is 43.0 Å². The first-order valence-electron chi connectivity index (χ1n) is 15.3. The summed E-state index contributed by atoms with van der Waals surface area (Å²) in [6, 6.07) is 14.1. The van der Waals surface area contributed by atoms with Crippen molar-refractivity contribution in [3.63, 3.8) is 0 Å². The number of benzene rings is 2. The number of fused-ring (bicyclic) bond motifs is 1. The van der Waals surface area contributed by atoms with Gasteiger partial charge in [0.25, 0.3) is 0 Å². The van der Waals surface area contributed by atoms with Crippen LogP contribution in [0.15, 0.2) is 67.8 Å². The summed E-state index contributed by atoms with van der Waals surface area (Å²) in [4.78, 5) is 19.7. The predicted octanol–water partition coefficient (Wildman–Crippen LogP) is 7.57. The van der Waals surface area contributed by atoms with Crippen LogP contribution >= 0.6 is 11.6 Å². The maximum atomic E-state index is 12.5. The topological polar surface area (TPSA) is 78.2 Å². The van der Waals surface area contributed by atoms with E-state index in [4.69, 9.17) is 35.9 Å². The Kier molecular flexibility index (Phi) is 9.95.